The second-order valence-electron chi connectivity index (χ2n) is 6.05. The number of pyridine rings is 1. The van der Waals surface area contributed by atoms with Gasteiger partial charge in [-0.3, -0.25) is 9.69 Å². The third-order valence-corrected chi connectivity index (χ3v) is 4.32. The van der Waals surface area contributed by atoms with E-state index >= 15 is 0 Å². The highest BCUT2D eigenvalue weighted by Crippen LogP contribution is 2.22. The fourth-order valence-electron chi connectivity index (χ4n) is 3.12. The van der Waals surface area contributed by atoms with Gasteiger partial charge in [0.05, 0.1) is 17.7 Å². The number of nitrogens with one attached hydrogen (secondary N) is 1. The van der Waals surface area contributed by atoms with Gasteiger partial charge in [0.15, 0.2) is 0 Å². The molecular weight excluding hydrogens is 300 g/mol. The van der Waals surface area contributed by atoms with Crippen LogP contribution in [-0.4, -0.2) is 28.4 Å². The van der Waals surface area contributed by atoms with E-state index in [9.17, 15) is 10.1 Å². The van der Waals surface area contributed by atoms with Gasteiger partial charge in [0.2, 0.25) is 5.91 Å². The molecule has 1 atom stereocenters. The van der Waals surface area contributed by atoms with Crippen molar-refractivity contribution in [1.82, 2.24) is 9.88 Å². The van der Waals surface area contributed by atoms with E-state index in [4.69, 9.17) is 0 Å². The molecule has 1 aromatic heterocycles. The smallest absolute Gasteiger partial charge is 0.242 e. The molecule has 1 N–H and O–H groups in total. The van der Waals surface area contributed by atoms with Crippen LogP contribution >= 0.6 is 0 Å². The van der Waals surface area contributed by atoms with Crippen LogP contribution in [0.25, 0.3) is 0 Å². The summed E-state index contributed by atoms with van der Waals surface area (Å²) in [5.41, 5.74) is 2.51. The quantitative estimate of drug-likeness (QED) is 0.940. The van der Waals surface area contributed by atoms with Crippen molar-refractivity contribution in [3.63, 3.8) is 0 Å². The number of nitrogens with zero attached hydrogens (tertiary/aromatic N) is 3. The summed E-state index contributed by atoms with van der Waals surface area (Å²) in [7, 11) is 0. The van der Waals surface area contributed by atoms with Gasteiger partial charge in [-0.05, 0) is 50.1 Å². The Morgan fingerprint density at radius 3 is 2.96 bits per heavy atom. The van der Waals surface area contributed by atoms with Gasteiger partial charge in [-0.1, -0.05) is 24.3 Å². The number of benzene rings is 1. The first kappa shape index (κ1) is 16.2. The average molecular weight is 320 g/mol. The SMILES string of the molecule is Cc1cccc(NC(=O)[C@@H]2CCCN2Cc2ccccc2C#N)n1. The summed E-state index contributed by atoms with van der Waals surface area (Å²) in [4.78, 5) is 19.1. The molecule has 1 saturated heterocycles. The summed E-state index contributed by atoms with van der Waals surface area (Å²) in [5.74, 6) is 0.560. The first-order valence-electron chi connectivity index (χ1n) is 8.14. The van der Waals surface area contributed by atoms with Crippen molar-refractivity contribution < 1.29 is 4.79 Å². The lowest BCUT2D eigenvalue weighted by atomic mass is 10.1. The Morgan fingerprint density at radius 2 is 2.17 bits per heavy atom. The lowest BCUT2D eigenvalue weighted by molar-refractivity contribution is -0.120. The van der Waals surface area contributed by atoms with Crippen molar-refractivity contribution in [2.24, 2.45) is 0 Å². The van der Waals surface area contributed by atoms with E-state index in [1.807, 2.05) is 43.3 Å². The second kappa shape index (κ2) is 7.24. The number of nitriles is 1. The van der Waals surface area contributed by atoms with Gasteiger partial charge in [-0.25, -0.2) is 4.98 Å². The molecule has 1 fully saturated rings. The molecule has 5 heteroatoms. The van der Waals surface area contributed by atoms with E-state index in [-0.39, 0.29) is 11.9 Å². The lowest BCUT2D eigenvalue weighted by Crippen LogP contribution is -2.39. The summed E-state index contributed by atoms with van der Waals surface area (Å²) >= 11 is 0. The lowest BCUT2D eigenvalue weighted by Gasteiger charge is -2.24. The van der Waals surface area contributed by atoms with Crippen molar-refractivity contribution >= 4 is 11.7 Å². The standard InChI is InChI=1S/C19H20N4O/c1-14-6-4-10-18(21-14)22-19(24)17-9-5-11-23(17)13-16-8-3-2-7-15(16)12-20/h2-4,6-8,10,17H,5,9,11,13H2,1H3,(H,21,22,24)/t17-/m0/s1. The number of aryl methyl sites for hydroxylation is 1. The molecule has 0 unspecified atom stereocenters. The molecule has 2 aromatic rings. The number of hydrogen-bond acceptors (Lipinski definition) is 4. The number of likely N-dealkylation sites (tertiary alicyclic amines) is 1. The number of hydrogen-bond donors (Lipinski definition) is 1. The molecule has 1 aliphatic rings. The Kier molecular flexibility index (Phi) is 4.88. The molecule has 0 bridgehead atoms. The van der Waals surface area contributed by atoms with E-state index in [0.717, 1.165) is 30.6 Å². The third kappa shape index (κ3) is 3.61. The van der Waals surface area contributed by atoms with Crippen molar-refractivity contribution in [3.8, 4) is 6.07 Å². The summed E-state index contributed by atoms with van der Waals surface area (Å²) in [6, 6.07) is 15.2. The van der Waals surface area contributed by atoms with Gasteiger partial charge in [0, 0.05) is 12.2 Å². The Hall–Kier alpha value is -2.71. The van der Waals surface area contributed by atoms with Gasteiger partial charge >= 0.3 is 0 Å². The van der Waals surface area contributed by atoms with Gasteiger partial charge in [-0.15, -0.1) is 0 Å². The van der Waals surface area contributed by atoms with Crippen LogP contribution in [0.5, 0.6) is 0 Å². The molecule has 1 amide bonds. The molecule has 1 aliphatic heterocycles. The molecule has 0 radical (unpaired) electrons. The fourth-order valence-corrected chi connectivity index (χ4v) is 3.12. The molecule has 24 heavy (non-hydrogen) atoms. The van der Waals surface area contributed by atoms with E-state index in [1.54, 1.807) is 6.07 Å². The van der Waals surface area contributed by atoms with Crippen molar-refractivity contribution in [2.45, 2.75) is 32.4 Å². The average Bonchev–Trinajstić information content (AvgIpc) is 3.03. The van der Waals surface area contributed by atoms with Crippen molar-refractivity contribution in [1.29, 1.82) is 5.26 Å². The molecule has 1 aromatic carbocycles. The van der Waals surface area contributed by atoms with Crippen molar-refractivity contribution in [3.05, 3.63) is 59.3 Å². The molecule has 5 nitrogen and oxygen atoms in total. The van der Waals surface area contributed by atoms with Gasteiger partial charge in [-0.2, -0.15) is 5.26 Å². The van der Waals surface area contributed by atoms with Crippen LogP contribution in [0.2, 0.25) is 0 Å². The predicted octanol–water partition coefficient (Wildman–Crippen LogP) is 2.86. The second-order valence-corrected chi connectivity index (χ2v) is 6.05. The minimum atomic E-state index is -0.181. The van der Waals surface area contributed by atoms with Crippen LogP contribution in [0.15, 0.2) is 42.5 Å². The molecule has 0 saturated carbocycles. The fraction of sp³-hybridized carbons (Fsp3) is 0.316. The van der Waals surface area contributed by atoms with E-state index in [0.29, 0.717) is 17.9 Å². The maximum absolute atomic E-state index is 12.6. The summed E-state index contributed by atoms with van der Waals surface area (Å²) in [5, 5.41) is 12.1. The molecule has 0 spiro atoms. The topological polar surface area (TPSA) is 69.0 Å². The van der Waals surface area contributed by atoms with Crippen LogP contribution < -0.4 is 5.32 Å². The minimum absolute atomic E-state index is 0.0277. The zero-order valence-corrected chi connectivity index (χ0v) is 13.7. The molecule has 3 rings (SSSR count). The predicted molar refractivity (Wildman–Crippen MR) is 92.2 cm³/mol. The summed E-state index contributed by atoms with van der Waals surface area (Å²) in [6.45, 7) is 3.37. The van der Waals surface area contributed by atoms with Crippen LogP contribution in [0.1, 0.15) is 29.7 Å². The Bertz CT molecular complexity index is 781. The Balaban J connectivity index is 1.71. The number of carbonyl (C=O) groups is 1. The monoisotopic (exact) mass is 320 g/mol. The Labute approximate surface area is 141 Å². The summed E-state index contributed by atoms with van der Waals surface area (Å²) in [6.07, 6.45) is 1.81. The summed E-state index contributed by atoms with van der Waals surface area (Å²) < 4.78 is 0. The number of rotatable bonds is 4. The first-order chi connectivity index (χ1) is 11.7. The zero-order chi connectivity index (χ0) is 16.9. The highest BCUT2D eigenvalue weighted by molar-refractivity contribution is 5.94. The number of amides is 1. The highest BCUT2D eigenvalue weighted by Gasteiger charge is 2.31. The number of anilines is 1. The van der Waals surface area contributed by atoms with Crippen LogP contribution in [0, 0.1) is 18.3 Å². The number of aromatic nitrogens is 1. The van der Waals surface area contributed by atoms with Crippen LogP contribution in [-0.2, 0) is 11.3 Å². The van der Waals surface area contributed by atoms with Gasteiger partial charge < -0.3 is 5.32 Å². The van der Waals surface area contributed by atoms with Crippen LogP contribution in [0.4, 0.5) is 5.82 Å². The molecular formula is C19H20N4O. The maximum atomic E-state index is 12.6. The first-order valence-corrected chi connectivity index (χ1v) is 8.14. The van der Waals surface area contributed by atoms with E-state index in [1.165, 1.54) is 0 Å². The minimum Gasteiger partial charge on any atom is -0.309 e. The van der Waals surface area contributed by atoms with E-state index < -0.39 is 0 Å². The Morgan fingerprint density at radius 1 is 1.33 bits per heavy atom. The highest BCUT2D eigenvalue weighted by atomic mass is 16.2. The molecule has 2 heterocycles. The zero-order valence-electron chi connectivity index (χ0n) is 13.7. The van der Waals surface area contributed by atoms with Gasteiger partial charge in [0.25, 0.3) is 0 Å². The molecule has 0 aliphatic carbocycles. The van der Waals surface area contributed by atoms with Crippen LogP contribution in [0.3, 0.4) is 0 Å². The molecule has 122 valence electrons. The normalized spacial score (nSPS) is 17.4. The number of carbonyl (C=O) groups excluding carboxylic acids is 1. The third-order valence-electron chi connectivity index (χ3n) is 4.32. The largest absolute Gasteiger partial charge is 0.309 e. The van der Waals surface area contributed by atoms with E-state index in [2.05, 4.69) is 21.3 Å². The maximum Gasteiger partial charge on any atom is 0.242 e. The van der Waals surface area contributed by atoms with Gasteiger partial charge in [0.1, 0.15) is 5.82 Å². The van der Waals surface area contributed by atoms with Crippen molar-refractivity contribution in [2.75, 3.05) is 11.9 Å².